The number of carbonyl (C=O) groups is 1. The first-order valence-electron chi connectivity index (χ1n) is 9.37. The zero-order valence-electron chi connectivity index (χ0n) is 16.7. The van der Waals surface area contributed by atoms with Crippen LogP contribution >= 0.6 is 0 Å². The molecule has 0 amide bonds. The third-order valence-electron chi connectivity index (χ3n) is 4.73. The van der Waals surface area contributed by atoms with Gasteiger partial charge in [0.2, 0.25) is 5.95 Å². The van der Waals surface area contributed by atoms with E-state index in [9.17, 15) is 4.79 Å². The molecule has 3 rings (SSSR count). The van der Waals surface area contributed by atoms with Gasteiger partial charge in [0.1, 0.15) is 23.9 Å². The lowest BCUT2D eigenvalue weighted by Crippen LogP contribution is -2.30. The highest BCUT2D eigenvalue weighted by Crippen LogP contribution is 2.40. The van der Waals surface area contributed by atoms with Gasteiger partial charge in [-0.3, -0.25) is 0 Å². The van der Waals surface area contributed by atoms with Crippen molar-refractivity contribution in [3.63, 3.8) is 0 Å². The number of unbranched alkanes of at least 4 members (excludes halogenated alkanes) is 2. The predicted octanol–water partition coefficient (Wildman–Crippen LogP) is 3.32. The van der Waals surface area contributed by atoms with Crippen molar-refractivity contribution in [2.75, 3.05) is 26.1 Å². The van der Waals surface area contributed by atoms with E-state index < -0.39 is 6.04 Å². The molecule has 2 aromatic rings. The summed E-state index contributed by atoms with van der Waals surface area (Å²) in [4.78, 5) is 17.2. The molecule has 0 aliphatic carbocycles. The van der Waals surface area contributed by atoms with E-state index in [2.05, 4.69) is 22.3 Å². The highest BCUT2D eigenvalue weighted by Gasteiger charge is 2.36. The number of anilines is 1. The number of rotatable bonds is 8. The van der Waals surface area contributed by atoms with Crippen LogP contribution in [0.4, 0.5) is 5.95 Å². The van der Waals surface area contributed by atoms with Crippen molar-refractivity contribution < 1.29 is 19.0 Å². The van der Waals surface area contributed by atoms with Gasteiger partial charge in [0.15, 0.2) is 0 Å². The minimum absolute atomic E-state index is 0.378. The van der Waals surface area contributed by atoms with Gasteiger partial charge in [0, 0.05) is 11.3 Å². The number of ether oxygens (including phenoxy) is 3. The van der Waals surface area contributed by atoms with E-state index in [-0.39, 0.29) is 5.97 Å². The summed E-state index contributed by atoms with van der Waals surface area (Å²) in [6, 6.07) is 4.93. The fourth-order valence-corrected chi connectivity index (χ4v) is 3.29. The Labute approximate surface area is 164 Å². The zero-order valence-corrected chi connectivity index (χ0v) is 16.7. The number of allylic oxidation sites excluding steroid dienone is 1. The molecule has 1 aromatic heterocycles. The summed E-state index contributed by atoms with van der Waals surface area (Å²) < 4.78 is 18.2. The minimum atomic E-state index is -0.539. The molecular weight excluding hydrogens is 360 g/mol. The first kappa shape index (κ1) is 19.7. The molecule has 2 heterocycles. The van der Waals surface area contributed by atoms with Crippen LogP contribution in [-0.4, -0.2) is 41.6 Å². The lowest BCUT2D eigenvalue weighted by atomic mass is 9.94. The zero-order chi connectivity index (χ0) is 20.1. The van der Waals surface area contributed by atoms with Crippen LogP contribution in [0.2, 0.25) is 0 Å². The summed E-state index contributed by atoms with van der Waals surface area (Å²) in [6.45, 7) is 4.33. The van der Waals surface area contributed by atoms with Gasteiger partial charge in [-0.15, -0.1) is 0 Å². The van der Waals surface area contributed by atoms with Crippen LogP contribution in [0.15, 0.2) is 35.8 Å². The van der Waals surface area contributed by atoms with Crippen molar-refractivity contribution >= 4 is 11.9 Å². The van der Waals surface area contributed by atoms with E-state index in [1.54, 1.807) is 18.9 Å². The lowest BCUT2D eigenvalue weighted by Gasteiger charge is -2.29. The van der Waals surface area contributed by atoms with Gasteiger partial charge in [-0.2, -0.15) is 10.1 Å². The van der Waals surface area contributed by atoms with Gasteiger partial charge < -0.3 is 19.5 Å². The average molecular weight is 386 g/mol. The maximum Gasteiger partial charge on any atom is 0.338 e. The second-order valence-electron chi connectivity index (χ2n) is 6.55. The Kier molecular flexibility index (Phi) is 6.18. The van der Waals surface area contributed by atoms with Crippen molar-refractivity contribution in [3.05, 3.63) is 41.4 Å². The third kappa shape index (κ3) is 3.81. The van der Waals surface area contributed by atoms with Gasteiger partial charge in [-0.1, -0.05) is 19.8 Å². The predicted molar refractivity (Wildman–Crippen MR) is 105 cm³/mol. The topological polar surface area (TPSA) is 87.5 Å². The molecule has 0 bridgehead atoms. The number of carbonyl (C=O) groups excluding carboxylic acids is 1. The van der Waals surface area contributed by atoms with Crippen molar-refractivity contribution in [1.82, 2.24) is 14.8 Å². The van der Waals surface area contributed by atoms with Crippen LogP contribution in [0.5, 0.6) is 11.5 Å². The Morgan fingerprint density at radius 3 is 2.79 bits per heavy atom. The fourth-order valence-electron chi connectivity index (χ4n) is 3.29. The van der Waals surface area contributed by atoms with E-state index in [1.165, 1.54) is 6.33 Å². The molecule has 0 spiro atoms. The second kappa shape index (κ2) is 8.77. The van der Waals surface area contributed by atoms with Crippen molar-refractivity contribution in [2.45, 2.75) is 39.2 Å². The first-order valence-corrected chi connectivity index (χ1v) is 9.37. The summed E-state index contributed by atoms with van der Waals surface area (Å²) in [5.41, 5.74) is 1.90. The summed E-state index contributed by atoms with van der Waals surface area (Å²) in [5.74, 6) is 1.45. The highest BCUT2D eigenvalue weighted by atomic mass is 16.5. The summed E-state index contributed by atoms with van der Waals surface area (Å²) in [5, 5.41) is 7.46. The smallest absolute Gasteiger partial charge is 0.338 e. The van der Waals surface area contributed by atoms with E-state index in [0.717, 1.165) is 24.8 Å². The molecule has 1 aromatic carbocycles. The Hall–Kier alpha value is -3.03. The molecule has 0 saturated carbocycles. The molecule has 8 heteroatoms. The molecular formula is C20H26N4O4. The Balaban J connectivity index is 2.04. The van der Waals surface area contributed by atoms with Crippen LogP contribution in [0.3, 0.4) is 0 Å². The van der Waals surface area contributed by atoms with Gasteiger partial charge >= 0.3 is 5.97 Å². The molecule has 1 atom stereocenters. The highest BCUT2D eigenvalue weighted by molar-refractivity contribution is 5.92. The maximum absolute atomic E-state index is 13.0. The van der Waals surface area contributed by atoms with Gasteiger partial charge in [0.25, 0.3) is 0 Å². The molecule has 0 saturated heterocycles. The Bertz CT molecular complexity index is 875. The van der Waals surface area contributed by atoms with Gasteiger partial charge in [-0.25, -0.2) is 9.48 Å². The number of aromatic nitrogens is 3. The number of benzene rings is 1. The monoisotopic (exact) mass is 386 g/mol. The quantitative estimate of drug-likeness (QED) is 0.550. The fraction of sp³-hybridized carbons (Fsp3) is 0.450. The molecule has 0 unspecified atom stereocenters. The van der Waals surface area contributed by atoms with Crippen LogP contribution in [-0.2, 0) is 9.53 Å². The number of hydrogen-bond acceptors (Lipinski definition) is 7. The van der Waals surface area contributed by atoms with Gasteiger partial charge in [-0.05, 0) is 31.5 Å². The molecule has 8 nitrogen and oxygen atoms in total. The van der Waals surface area contributed by atoms with Crippen molar-refractivity contribution in [3.8, 4) is 11.5 Å². The molecule has 0 radical (unpaired) electrons. The lowest BCUT2D eigenvalue weighted by molar-refractivity contribution is -0.139. The van der Waals surface area contributed by atoms with Crippen LogP contribution in [0.25, 0.3) is 0 Å². The van der Waals surface area contributed by atoms with E-state index in [1.807, 2.05) is 25.1 Å². The Morgan fingerprint density at radius 1 is 1.25 bits per heavy atom. The second-order valence-corrected chi connectivity index (χ2v) is 6.55. The SMILES string of the molecule is CCCCCOC(=O)C1=C(C)Nc2ncnn2[C@H]1c1cc(OC)ccc1OC. The molecule has 0 fully saturated rings. The summed E-state index contributed by atoms with van der Waals surface area (Å²) >= 11 is 0. The number of methoxy groups -OCH3 is 2. The normalized spacial score (nSPS) is 15.6. The first-order chi connectivity index (χ1) is 13.6. The number of nitrogens with one attached hydrogen (secondary N) is 1. The minimum Gasteiger partial charge on any atom is -0.497 e. The molecule has 1 N–H and O–H groups in total. The van der Waals surface area contributed by atoms with Crippen LogP contribution in [0.1, 0.15) is 44.7 Å². The van der Waals surface area contributed by atoms with Gasteiger partial charge in [0.05, 0.1) is 26.4 Å². The Morgan fingerprint density at radius 2 is 2.07 bits per heavy atom. The van der Waals surface area contributed by atoms with E-state index in [4.69, 9.17) is 14.2 Å². The van der Waals surface area contributed by atoms with E-state index >= 15 is 0 Å². The van der Waals surface area contributed by atoms with Crippen molar-refractivity contribution in [1.29, 1.82) is 0 Å². The number of esters is 1. The average Bonchev–Trinajstić information content (AvgIpc) is 3.17. The van der Waals surface area contributed by atoms with Crippen molar-refractivity contribution in [2.24, 2.45) is 0 Å². The number of hydrogen-bond donors (Lipinski definition) is 1. The molecule has 1 aliphatic rings. The standard InChI is InChI=1S/C20H26N4O4/c1-5-6-7-10-28-19(25)17-13(2)23-20-21-12-22-24(20)18(17)15-11-14(26-3)8-9-16(15)27-4/h8-9,11-12,18H,5-7,10H2,1-4H3,(H,21,22,23)/t18-/m0/s1. The number of nitrogens with zero attached hydrogens (tertiary/aromatic N) is 3. The molecule has 150 valence electrons. The maximum atomic E-state index is 13.0. The largest absolute Gasteiger partial charge is 0.497 e. The van der Waals surface area contributed by atoms with E-state index in [0.29, 0.717) is 35.3 Å². The summed E-state index contributed by atoms with van der Waals surface area (Å²) in [7, 11) is 3.19. The molecule has 28 heavy (non-hydrogen) atoms. The van der Waals surface area contributed by atoms with Crippen LogP contribution < -0.4 is 14.8 Å². The van der Waals surface area contributed by atoms with Crippen LogP contribution in [0, 0.1) is 0 Å². The summed E-state index contributed by atoms with van der Waals surface area (Å²) in [6.07, 6.45) is 4.37. The molecule has 1 aliphatic heterocycles. The number of fused-ring (bicyclic) bond motifs is 1. The third-order valence-corrected chi connectivity index (χ3v) is 4.73.